The van der Waals surface area contributed by atoms with Crippen LogP contribution in [0.25, 0.3) is 10.8 Å². The highest BCUT2D eigenvalue weighted by Crippen LogP contribution is 2.27. The monoisotopic (exact) mass is 592 g/mol. The number of carbonyl (C=O) groups excluding carboxylic acids is 2. The van der Waals surface area contributed by atoms with Crippen LogP contribution < -0.4 is 0 Å². The number of carbonyl (C=O) groups is 2. The molecule has 0 amide bonds. The maximum absolute atomic E-state index is 11.9. The molecule has 0 spiro atoms. The summed E-state index contributed by atoms with van der Waals surface area (Å²) in [6, 6.07) is 13.9. The molecule has 1 N–H and O–H groups in total. The molecule has 1 aliphatic heterocycles. The number of rotatable bonds is 19. The standard InChI is InChI=1S/C37H52O6/c1-5-6-7-10-29-15-18-34-22-30(16-19-33(34)21-29)13-14-31-17-20-35(41-24-31)12-9-8-11-32(25-42-36(39)27(2)3)26-43-37(40)28(4)23-38/h15-16,18-19,21-22,31-32,35,38H,2,4-14,17,20,23-26H2,1,3H3. The summed E-state index contributed by atoms with van der Waals surface area (Å²) in [5, 5.41) is 11.8. The summed E-state index contributed by atoms with van der Waals surface area (Å²) in [4.78, 5) is 23.7. The fraction of sp³-hybridized carbons (Fsp3) is 0.568. The first kappa shape index (κ1) is 34.5. The van der Waals surface area contributed by atoms with E-state index in [0.29, 0.717) is 11.5 Å². The molecule has 6 nitrogen and oxygen atoms in total. The van der Waals surface area contributed by atoms with Crippen LogP contribution >= 0.6 is 0 Å². The van der Waals surface area contributed by atoms with Crippen molar-refractivity contribution < 1.29 is 28.9 Å². The number of aliphatic hydroxyl groups excluding tert-OH is 1. The number of fused-ring (bicyclic) bond motifs is 1. The second-order valence-corrected chi connectivity index (χ2v) is 12.3. The zero-order chi connectivity index (χ0) is 31.0. The van der Waals surface area contributed by atoms with Crippen LogP contribution in [0.1, 0.15) is 89.2 Å². The molecule has 43 heavy (non-hydrogen) atoms. The van der Waals surface area contributed by atoms with Crippen LogP contribution in [0.15, 0.2) is 60.7 Å². The first-order valence-electron chi connectivity index (χ1n) is 16.2. The summed E-state index contributed by atoms with van der Waals surface area (Å²) in [5.74, 6) is -0.605. The zero-order valence-electron chi connectivity index (χ0n) is 26.4. The van der Waals surface area contributed by atoms with E-state index in [1.54, 1.807) is 6.92 Å². The molecule has 0 aromatic heterocycles. The first-order chi connectivity index (χ1) is 20.8. The largest absolute Gasteiger partial charge is 0.462 e. The highest BCUT2D eigenvalue weighted by molar-refractivity contribution is 5.88. The summed E-state index contributed by atoms with van der Waals surface area (Å²) in [6.07, 6.45) is 13.5. The van der Waals surface area contributed by atoms with Gasteiger partial charge in [0.25, 0.3) is 0 Å². The van der Waals surface area contributed by atoms with Gasteiger partial charge in [-0.25, -0.2) is 9.59 Å². The van der Waals surface area contributed by atoms with Gasteiger partial charge in [-0.15, -0.1) is 0 Å². The first-order valence-corrected chi connectivity index (χ1v) is 16.2. The van der Waals surface area contributed by atoms with Gasteiger partial charge in [-0.2, -0.15) is 0 Å². The number of benzene rings is 2. The van der Waals surface area contributed by atoms with Gasteiger partial charge in [0.1, 0.15) is 0 Å². The molecule has 6 heteroatoms. The Morgan fingerprint density at radius 1 is 0.907 bits per heavy atom. The molecule has 3 unspecified atom stereocenters. The average Bonchev–Trinajstić information content (AvgIpc) is 3.02. The Bertz CT molecular complexity index is 1190. The van der Waals surface area contributed by atoms with Gasteiger partial charge in [0, 0.05) is 18.1 Å². The predicted octanol–water partition coefficient (Wildman–Crippen LogP) is 7.69. The molecule has 2 aromatic rings. The van der Waals surface area contributed by atoms with E-state index < -0.39 is 18.5 Å². The molecular weight excluding hydrogens is 540 g/mol. The highest BCUT2D eigenvalue weighted by atomic mass is 16.5. The minimum atomic E-state index is -0.628. The van der Waals surface area contributed by atoms with Gasteiger partial charge in [0.2, 0.25) is 0 Å². The number of ether oxygens (including phenoxy) is 3. The zero-order valence-corrected chi connectivity index (χ0v) is 26.4. The van der Waals surface area contributed by atoms with Crippen LogP contribution in [0.3, 0.4) is 0 Å². The van der Waals surface area contributed by atoms with Gasteiger partial charge >= 0.3 is 11.9 Å². The number of aryl methyl sites for hydroxylation is 2. The van der Waals surface area contributed by atoms with Crippen LogP contribution in [0, 0.1) is 11.8 Å². The smallest absolute Gasteiger partial charge is 0.335 e. The van der Waals surface area contributed by atoms with E-state index in [0.717, 1.165) is 51.6 Å². The van der Waals surface area contributed by atoms with E-state index in [-0.39, 0.29) is 30.8 Å². The lowest BCUT2D eigenvalue weighted by Gasteiger charge is -2.29. The molecule has 0 bridgehead atoms. The summed E-state index contributed by atoms with van der Waals surface area (Å²) >= 11 is 0. The van der Waals surface area contributed by atoms with Crippen molar-refractivity contribution >= 4 is 22.7 Å². The van der Waals surface area contributed by atoms with Crippen LogP contribution in [0.5, 0.6) is 0 Å². The Labute approximate surface area is 258 Å². The Morgan fingerprint density at radius 3 is 2.19 bits per heavy atom. The molecule has 236 valence electrons. The average molecular weight is 593 g/mol. The third-order valence-corrected chi connectivity index (χ3v) is 8.46. The Kier molecular flexibility index (Phi) is 15.0. The van der Waals surface area contributed by atoms with Crippen LogP contribution in [-0.4, -0.2) is 49.6 Å². The van der Waals surface area contributed by atoms with E-state index >= 15 is 0 Å². The van der Waals surface area contributed by atoms with Gasteiger partial charge in [0.05, 0.1) is 31.5 Å². The summed E-state index contributed by atoms with van der Waals surface area (Å²) in [6.45, 7) is 11.6. The van der Waals surface area contributed by atoms with Gasteiger partial charge in [0.15, 0.2) is 0 Å². The topological polar surface area (TPSA) is 82.1 Å². The molecule has 1 aliphatic rings. The summed E-state index contributed by atoms with van der Waals surface area (Å²) in [7, 11) is 0. The molecule has 3 rings (SSSR count). The Balaban J connectivity index is 1.35. The number of aliphatic hydroxyl groups is 1. The van der Waals surface area contributed by atoms with Crippen molar-refractivity contribution in [3.63, 3.8) is 0 Å². The van der Waals surface area contributed by atoms with Crippen molar-refractivity contribution in [1.82, 2.24) is 0 Å². The molecule has 3 atom stereocenters. The second kappa shape index (κ2) is 18.6. The van der Waals surface area contributed by atoms with Gasteiger partial charge in [-0.05, 0) is 86.1 Å². The van der Waals surface area contributed by atoms with Gasteiger partial charge < -0.3 is 19.3 Å². The minimum Gasteiger partial charge on any atom is -0.462 e. The molecule has 2 aromatic carbocycles. The predicted molar refractivity (Wildman–Crippen MR) is 173 cm³/mol. The maximum Gasteiger partial charge on any atom is 0.335 e. The lowest BCUT2D eigenvalue weighted by molar-refractivity contribution is -0.144. The summed E-state index contributed by atoms with van der Waals surface area (Å²) in [5.41, 5.74) is 3.19. The SMILES string of the molecule is C=C(C)C(=O)OCC(CCCCC1CCC(CCc2ccc3cc(CCCCC)ccc3c2)CO1)COC(=O)C(=C)CO. The lowest BCUT2D eigenvalue weighted by Crippen LogP contribution is -2.26. The molecule has 0 saturated carbocycles. The number of hydrogen-bond acceptors (Lipinski definition) is 6. The quantitative estimate of drug-likeness (QED) is 0.102. The number of hydrogen-bond donors (Lipinski definition) is 1. The van der Waals surface area contributed by atoms with Crippen molar-refractivity contribution in [2.75, 3.05) is 26.4 Å². The fourth-order valence-corrected chi connectivity index (χ4v) is 5.62. The molecule has 0 aliphatic carbocycles. The van der Waals surface area contributed by atoms with E-state index in [2.05, 4.69) is 56.5 Å². The van der Waals surface area contributed by atoms with Crippen molar-refractivity contribution in [3.8, 4) is 0 Å². The van der Waals surface area contributed by atoms with Crippen molar-refractivity contribution in [2.24, 2.45) is 11.8 Å². The number of esters is 2. The molecule has 0 radical (unpaired) electrons. The summed E-state index contributed by atoms with van der Waals surface area (Å²) < 4.78 is 16.8. The Hall–Kier alpha value is -2.96. The molecule has 1 heterocycles. The normalized spacial score (nSPS) is 17.4. The highest BCUT2D eigenvalue weighted by Gasteiger charge is 2.22. The lowest BCUT2D eigenvalue weighted by atomic mass is 9.90. The Morgan fingerprint density at radius 2 is 1.58 bits per heavy atom. The van der Waals surface area contributed by atoms with E-state index in [9.17, 15) is 9.59 Å². The van der Waals surface area contributed by atoms with Crippen LogP contribution in [0.4, 0.5) is 0 Å². The minimum absolute atomic E-state index is 0.00860. The van der Waals surface area contributed by atoms with Crippen LogP contribution in [-0.2, 0) is 36.6 Å². The third-order valence-electron chi connectivity index (χ3n) is 8.46. The van der Waals surface area contributed by atoms with E-state index in [1.165, 1.54) is 54.0 Å². The van der Waals surface area contributed by atoms with E-state index in [1.807, 2.05) is 0 Å². The molecule has 1 fully saturated rings. The van der Waals surface area contributed by atoms with Crippen molar-refractivity contribution in [3.05, 3.63) is 71.8 Å². The van der Waals surface area contributed by atoms with Crippen molar-refractivity contribution in [2.45, 2.75) is 97.0 Å². The number of unbranched alkanes of at least 4 members (excludes halogenated alkanes) is 3. The second-order valence-electron chi connectivity index (χ2n) is 12.3. The molecular formula is C37H52O6. The molecule has 1 saturated heterocycles. The van der Waals surface area contributed by atoms with Crippen LogP contribution in [0.2, 0.25) is 0 Å². The van der Waals surface area contributed by atoms with Gasteiger partial charge in [-0.1, -0.05) is 82.2 Å². The fourth-order valence-electron chi connectivity index (χ4n) is 5.62. The van der Waals surface area contributed by atoms with Gasteiger partial charge in [-0.3, -0.25) is 0 Å². The third kappa shape index (κ3) is 12.3. The van der Waals surface area contributed by atoms with Crippen molar-refractivity contribution in [1.29, 1.82) is 0 Å². The van der Waals surface area contributed by atoms with E-state index in [4.69, 9.17) is 19.3 Å². The maximum atomic E-state index is 11.9.